The van der Waals surface area contributed by atoms with Crippen molar-refractivity contribution in [2.24, 2.45) is 11.7 Å². The van der Waals surface area contributed by atoms with E-state index in [0.717, 1.165) is 11.3 Å². The van der Waals surface area contributed by atoms with Crippen LogP contribution in [-0.2, 0) is 11.3 Å². The van der Waals surface area contributed by atoms with Gasteiger partial charge < -0.3 is 15.8 Å². The van der Waals surface area contributed by atoms with Gasteiger partial charge in [-0.25, -0.2) is 0 Å². The van der Waals surface area contributed by atoms with Gasteiger partial charge in [-0.05, 0) is 19.9 Å². The maximum Gasteiger partial charge on any atom is 0.224 e. The number of nitrogens with one attached hydrogen (secondary N) is 1. The first-order chi connectivity index (χ1) is 8.54. The molecule has 1 atom stereocenters. The summed E-state index contributed by atoms with van der Waals surface area (Å²) in [4.78, 5) is 11.6. The van der Waals surface area contributed by atoms with Crippen LogP contribution in [-0.4, -0.2) is 18.6 Å². The molecule has 0 heterocycles. The topological polar surface area (TPSA) is 64.3 Å². The normalized spacial score (nSPS) is 11.6. The van der Waals surface area contributed by atoms with E-state index in [0.29, 0.717) is 13.1 Å². The molecule has 1 rings (SSSR count). The van der Waals surface area contributed by atoms with Crippen molar-refractivity contribution < 1.29 is 9.53 Å². The zero-order chi connectivity index (χ0) is 13.5. The molecular formula is C14H23ClN2O2. The van der Waals surface area contributed by atoms with Gasteiger partial charge in [-0.3, -0.25) is 4.79 Å². The lowest BCUT2D eigenvalue weighted by molar-refractivity contribution is -0.124. The maximum absolute atomic E-state index is 11.6. The average molecular weight is 287 g/mol. The largest absolute Gasteiger partial charge is 0.491 e. The number of ether oxygens (including phenoxy) is 1. The number of rotatable bonds is 6. The first-order valence-corrected chi connectivity index (χ1v) is 6.27. The van der Waals surface area contributed by atoms with Crippen molar-refractivity contribution in [2.75, 3.05) is 6.54 Å². The summed E-state index contributed by atoms with van der Waals surface area (Å²) >= 11 is 0. The molecule has 19 heavy (non-hydrogen) atoms. The first-order valence-electron chi connectivity index (χ1n) is 6.27. The number of hydrogen-bond acceptors (Lipinski definition) is 3. The Hall–Kier alpha value is -1.26. The van der Waals surface area contributed by atoms with Crippen LogP contribution < -0.4 is 15.8 Å². The second-order valence-electron chi connectivity index (χ2n) is 4.63. The first kappa shape index (κ1) is 17.7. The van der Waals surface area contributed by atoms with Gasteiger partial charge in [0.25, 0.3) is 0 Å². The molecule has 5 heteroatoms. The second kappa shape index (κ2) is 8.77. The van der Waals surface area contributed by atoms with Gasteiger partial charge in [0.1, 0.15) is 5.75 Å². The van der Waals surface area contributed by atoms with E-state index in [2.05, 4.69) is 5.32 Å². The molecule has 0 saturated heterocycles. The van der Waals surface area contributed by atoms with Crippen LogP contribution >= 0.6 is 12.4 Å². The van der Waals surface area contributed by atoms with Crippen LogP contribution in [0.5, 0.6) is 5.75 Å². The Morgan fingerprint density at radius 2 is 1.95 bits per heavy atom. The number of nitrogens with two attached hydrogens (primary N) is 1. The Morgan fingerprint density at radius 1 is 1.32 bits per heavy atom. The number of amides is 1. The molecule has 0 fully saturated rings. The molecule has 1 amide bonds. The fraction of sp³-hybridized carbons (Fsp3) is 0.500. The van der Waals surface area contributed by atoms with E-state index in [-0.39, 0.29) is 30.3 Å². The third-order valence-electron chi connectivity index (χ3n) is 2.59. The van der Waals surface area contributed by atoms with Crippen LogP contribution in [0.1, 0.15) is 26.3 Å². The number of hydrogen-bond donors (Lipinski definition) is 2. The van der Waals surface area contributed by atoms with E-state index in [1.54, 1.807) is 0 Å². The molecular weight excluding hydrogens is 264 g/mol. The van der Waals surface area contributed by atoms with Crippen molar-refractivity contribution in [2.45, 2.75) is 33.4 Å². The fourth-order valence-corrected chi connectivity index (χ4v) is 1.48. The molecule has 0 bridgehead atoms. The van der Waals surface area contributed by atoms with E-state index >= 15 is 0 Å². The Bertz CT molecular complexity index is 397. The smallest absolute Gasteiger partial charge is 0.224 e. The molecule has 0 aromatic heterocycles. The standard InChI is InChI=1S/C14H22N2O2.ClH/c1-10(2)18-13-7-5-4-6-12(13)9-16-14(17)11(3)8-15;/h4-7,10-11H,8-9,15H2,1-3H3,(H,16,17);1H. The van der Waals surface area contributed by atoms with E-state index in [1.165, 1.54) is 0 Å². The van der Waals surface area contributed by atoms with Crippen LogP contribution in [0.25, 0.3) is 0 Å². The molecule has 0 aliphatic rings. The van der Waals surface area contributed by atoms with E-state index in [1.807, 2.05) is 45.0 Å². The third-order valence-corrected chi connectivity index (χ3v) is 2.59. The summed E-state index contributed by atoms with van der Waals surface area (Å²) in [6.07, 6.45) is 0.116. The lowest BCUT2D eigenvalue weighted by atomic mass is 10.1. The van der Waals surface area contributed by atoms with Gasteiger partial charge in [0.15, 0.2) is 0 Å². The van der Waals surface area contributed by atoms with Gasteiger partial charge in [0.05, 0.1) is 6.10 Å². The van der Waals surface area contributed by atoms with E-state index in [4.69, 9.17) is 10.5 Å². The number of carbonyl (C=O) groups excluding carboxylic acids is 1. The number of para-hydroxylation sites is 1. The second-order valence-corrected chi connectivity index (χ2v) is 4.63. The SMILES string of the molecule is CC(C)Oc1ccccc1CNC(=O)C(C)CN.Cl. The van der Waals surface area contributed by atoms with Crippen LogP contribution in [0.15, 0.2) is 24.3 Å². The Kier molecular flexibility index (Phi) is 8.19. The summed E-state index contributed by atoms with van der Waals surface area (Å²) in [7, 11) is 0. The van der Waals surface area contributed by atoms with Crippen LogP contribution in [0.2, 0.25) is 0 Å². The van der Waals surface area contributed by atoms with Gasteiger partial charge in [-0.15, -0.1) is 12.4 Å². The Morgan fingerprint density at radius 3 is 2.53 bits per heavy atom. The summed E-state index contributed by atoms with van der Waals surface area (Å²) in [5.74, 6) is 0.619. The average Bonchev–Trinajstić information content (AvgIpc) is 2.35. The summed E-state index contributed by atoms with van der Waals surface area (Å²) in [6, 6.07) is 7.71. The Balaban J connectivity index is 0.00000324. The zero-order valence-electron chi connectivity index (χ0n) is 11.7. The van der Waals surface area contributed by atoms with Gasteiger partial charge in [0.2, 0.25) is 5.91 Å². The van der Waals surface area contributed by atoms with Crippen molar-refractivity contribution >= 4 is 18.3 Å². The molecule has 108 valence electrons. The molecule has 0 aliphatic heterocycles. The van der Waals surface area contributed by atoms with Crippen LogP contribution in [0.3, 0.4) is 0 Å². The van der Waals surface area contributed by atoms with Crippen LogP contribution in [0, 0.1) is 5.92 Å². The van der Waals surface area contributed by atoms with Gasteiger partial charge in [-0.1, -0.05) is 25.1 Å². The maximum atomic E-state index is 11.6. The third kappa shape index (κ3) is 5.94. The molecule has 0 radical (unpaired) electrons. The molecule has 4 nitrogen and oxygen atoms in total. The zero-order valence-corrected chi connectivity index (χ0v) is 12.5. The van der Waals surface area contributed by atoms with Crippen molar-refractivity contribution in [1.29, 1.82) is 0 Å². The summed E-state index contributed by atoms with van der Waals surface area (Å²) in [5.41, 5.74) is 6.43. The molecule has 3 N–H and O–H groups in total. The minimum atomic E-state index is -0.164. The van der Waals surface area contributed by atoms with Crippen LogP contribution in [0.4, 0.5) is 0 Å². The predicted molar refractivity (Wildman–Crippen MR) is 79.5 cm³/mol. The van der Waals surface area contributed by atoms with E-state index < -0.39 is 0 Å². The van der Waals surface area contributed by atoms with Crippen molar-refractivity contribution in [1.82, 2.24) is 5.32 Å². The summed E-state index contributed by atoms with van der Waals surface area (Å²) in [6.45, 7) is 6.59. The lowest BCUT2D eigenvalue weighted by Crippen LogP contribution is -2.32. The number of carbonyl (C=O) groups is 1. The van der Waals surface area contributed by atoms with Gasteiger partial charge in [-0.2, -0.15) is 0 Å². The van der Waals surface area contributed by atoms with E-state index in [9.17, 15) is 4.79 Å². The highest BCUT2D eigenvalue weighted by molar-refractivity contribution is 5.85. The molecule has 1 aromatic rings. The molecule has 1 unspecified atom stereocenters. The highest BCUT2D eigenvalue weighted by atomic mass is 35.5. The minimum Gasteiger partial charge on any atom is -0.491 e. The molecule has 1 aromatic carbocycles. The minimum absolute atomic E-state index is 0. The predicted octanol–water partition coefficient (Wildman–Crippen LogP) is 2.11. The summed E-state index contributed by atoms with van der Waals surface area (Å²) < 4.78 is 5.69. The molecule has 0 spiro atoms. The summed E-state index contributed by atoms with van der Waals surface area (Å²) in [5, 5.41) is 2.86. The molecule has 0 saturated carbocycles. The van der Waals surface area contributed by atoms with Gasteiger partial charge in [0, 0.05) is 24.6 Å². The quantitative estimate of drug-likeness (QED) is 0.842. The molecule has 0 aliphatic carbocycles. The number of benzene rings is 1. The highest BCUT2D eigenvalue weighted by Crippen LogP contribution is 2.19. The van der Waals surface area contributed by atoms with Crippen molar-refractivity contribution in [3.05, 3.63) is 29.8 Å². The lowest BCUT2D eigenvalue weighted by Gasteiger charge is -2.15. The fourth-order valence-electron chi connectivity index (χ4n) is 1.48. The van der Waals surface area contributed by atoms with Crippen molar-refractivity contribution in [3.8, 4) is 5.75 Å². The monoisotopic (exact) mass is 286 g/mol. The number of halogens is 1. The Labute approximate surface area is 121 Å². The van der Waals surface area contributed by atoms with Gasteiger partial charge >= 0.3 is 0 Å². The highest BCUT2D eigenvalue weighted by Gasteiger charge is 2.11. The van der Waals surface area contributed by atoms with Crippen molar-refractivity contribution in [3.63, 3.8) is 0 Å².